The van der Waals surface area contributed by atoms with E-state index in [1.165, 1.54) is 40.4 Å². The predicted octanol–water partition coefficient (Wildman–Crippen LogP) is 3.72. The van der Waals surface area contributed by atoms with Gasteiger partial charge in [0, 0.05) is 30.0 Å². The summed E-state index contributed by atoms with van der Waals surface area (Å²) >= 11 is 1.85. The van der Waals surface area contributed by atoms with E-state index >= 15 is 0 Å². The Morgan fingerprint density at radius 3 is 2.50 bits per heavy atom. The molecular weight excluding hydrogens is 296 g/mol. The Morgan fingerprint density at radius 1 is 1.05 bits per heavy atom. The molecule has 1 fully saturated rings. The van der Waals surface area contributed by atoms with Crippen molar-refractivity contribution in [2.75, 3.05) is 32.2 Å². The number of nitrogens with zero attached hydrogens (tertiary/aromatic N) is 2. The maximum Gasteiger partial charge on any atom is 0.186 e. The first-order chi connectivity index (χ1) is 10.8. The number of piperidine rings is 1. The number of methoxy groups -OCH3 is 2. The highest BCUT2D eigenvalue weighted by Gasteiger charge is 2.27. The average molecular weight is 316 g/mol. The Bertz CT molecular complexity index is 705. The van der Waals surface area contributed by atoms with Gasteiger partial charge in [-0.05, 0) is 37.0 Å². The molecule has 0 atom stereocenters. The molecule has 0 spiro atoms. The number of rotatable bonds is 3. The van der Waals surface area contributed by atoms with Crippen molar-refractivity contribution >= 4 is 16.5 Å². The van der Waals surface area contributed by atoms with Gasteiger partial charge in [-0.25, -0.2) is 4.98 Å². The van der Waals surface area contributed by atoms with Gasteiger partial charge in [-0.1, -0.05) is 0 Å². The normalized spacial score (nSPS) is 16.4. The lowest BCUT2D eigenvalue weighted by Gasteiger charge is -2.26. The highest BCUT2D eigenvalue weighted by molar-refractivity contribution is 7.16. The number of fused-ring (bicyclic) bond motifs is 3. The Morgan fingerprint density at radius 2 is 1.77 bits per heavy atom. The van der Waals surface area contributed by atoms with E-state index in [4.69, 9.17) is 14.5 Å². The Labute approximate surface area is 134 Å². The van der Waals surface area contributed by atoms with Crippen molar-refractivity contribution in [3.8, 4) is 22.8 Å². The summed E-state index contributed by atoms with van der Waals surface area (Å²) in [5.74, 6) is 1.58. The van der Waals surface area contributed by atoms with Crippen molar-refractivity contribution < 1.29 is 9.47 Å². The average Bonchev–Trinajstić information content (AvgIpc) is 3.11. The van der Waals surface area contributed by atoms with Gasteiger partial charge in [0.2, 0.25) is 0 Å². The lowest BCUT2D eigenvalue weighted by Crippen LogP contribution is -2.29. The molecule has 1 aromatic carbocycles. The summed E-state index contributed by atoms with van der Waals surface area (Å²) in [4.78, 5) is 8.74. The number of aromatic nitrogens is 1. The van der Waals surface area contributed by atoms with Crippen LogP contribution in [0.2, 0.25) is 0 Å². The van der Waals surface area contributed by atoms with Crippen LogP contribution in [0.15, 0.2) is 12.1 Å². The molecule has 22 heavy (non-hydrogen) atoms. The van der Waals surface area contributed by atoms with Crippen LogP contribution < -0.4 is 14.4 Å². The van der Waals surface area contributed by atoms with E-state index < -0.39 is 0 Å². The molecule has 0 saturated carbocycles. The molecule has 1 aliphatic heterocycles. The second-order valence-electron chi connectivity index (χ2n) is 5.86. The van der Waals surface area contributed by atoms with Crippen molar-refractivity contribution in [3.05, 3.63) is 22.6 Å². The zero-order valence-corrected chi connectivity index (χ0v) is 13.8. The first-order valence-electron chi connectivity index (χ1n) is 7.80. The molecular formula is C17H20N2O2S. The molecule has 1 aromatic heterocycles. The van der Waals surface area contributed by atoms with Crippen LogP contribution in [0.25, 0.3) is 11.3 Å². The van der Waals surface area contributed by atoms with Crippen LogP contribution in [-0.2, 0) is 6.42 Å². The molecule has 1 aliphatic carbocycles. The lowest BCUT2D eigenvalue weighted by molar-refractivity contribution is 0.355. The highest BCUT2D eigenvalue weighted by Crippen LogP contribution is 2.46. The summed E-state index contributed by atoms with van der Waals surface area (Å²) in [6.07, 6.45) is 4.87. The molecule has 0 N–H and O–H groups in total. The minimum absolute atomic E-state index is 0.779. The number of anilines is 1. The SMILES string of the molecule is COc1cc2c(cc1OC)-c1nc(N3CCCCC3)sc1C2. The largest absolute Gasteiger partial charge is 0.493 e. The second kappa shape index (κ2) is 5.47. The number of thiazole rings is 1. The summed E-state index contributed by atoms with van der Waals surface area (Å²) in [5.41, 5.74) is 3.63. The molecule has 0 unspecified atom stereocenters. The fourth-order valence-corrected chi connectivity index (χ4v) is 4.50. The second-order valence-corrected chi connectivity index (χ2v) is 6.92. The van der Waals surface area contributed by atoms with Crippen LogP contribution in [-0.4, -0.2) is 32.3 Å². The van der Waals surface area contributed by atoms with E-state index in [1.807, 2.05) is 11.3 Å². The quantitative estimate of drug-likeness (QED) is 0.737. The Hall–Kier alpha value is -1.75. The van der Waals surface area contributed by atoms with Gasteiger partial charge in [0.1, 0.15) is 0 Å². The maximum absolute atomic E-state index is 5.44. The summed E-state index contributed by atoms with van der Waals surface area (Å²) < 4.78 is 10.8. The molecule has 1 saturated heterocycles. The minimum atomic E-state index is 0.779. The first-order valence-corrected chi connectivity index (χ1v) is 8.61. The first kappa shape index (κ1) is 13.9. The van der Waals surface area contributed by atoms with Gasteiger partial charge in [0.05, 0.1) is 19.9 Å². The number of ether oxygens (including phenoxy) is 2. The van der Waals surface area contributed by atoms with Crippen LogP contribution in [0.5, 0.6) is 11.5 Å². The maximum atomic E-state index is 5.44. The Balaban J connectivity index is 1.71. The monoisotopic (exact) mass is 316 g/mol. The Kier molecular flexibility index (Phi) is 3.45. The molecule has 5 heteroatoms. The summed E-state index contributed by atoms with van der Waals surface area (Å²) in [5, 5.41) is 1.19. The molecule has 0 bridgehead atoms. The van der Waals surface area contributed by atoms with Gasteiger partial charge in [0.25, 0.3) is 0 Å². The third-order valence-corrected chi connectivity index (χ3v) is 5.64. The van der Waals surface area contributed by atoms with Gasteiger partial charge in [0.15, 0.2) is 16.6 Å². The van der Waals surface area contributed by atoms with E-state index in [0.717, 1.165) is 36.7 Å². The molecule has 2 aliphatic rings. The van der Waals surface area contributed by atoms with Crippen molar-refractivity contribution in [2.24, 2.45) is 0 Å². The minimum Gasteiger partial charge on any atom is -0.493 e. The third kappa shape index (κ3) is 2.15. The van der Waals surface area contributed by atoms with Crippen molar-refractivity contribution in [3.63, 3.8) is 0 Å². The van der Waals surface area contributed by atoms with Crippen LogP contribution >= 0.6 is 11.3 Å². The van der Waals surface area contributed by atoms with Crippen molar-refractivity contribution in [1.82, 2.24) is 4.98 Å². The van der Waals surface area contributed by atoms with E-state index in [2.05, 4.69) is 17.0 Å². The van der Waals surface area contributed by atoms with Crippen molar-refractivity contribution in [2.45, 2.75) is 25.7 Å². The summed E-state index contributed by atoms with van der Waals surface area (Å²) in [6.45, 7) is 2.29. The fourth-order valence-electron chi connectivity index (χ4n) is 3.35. The third-order valence-electron chi connectivity index (χ3n) is 4.53. The number of benzene rings is 1. The molecule has 116 valence electrons. The lowest BCUT2D eigenvalue weighted by atomic mass is 10.1. The molecule has 0 radical (unpaired) electrons. The van der Waals surface area contributed by atoms with Gasteiger partial charge < -0.3 is 14.4 Å². The molecule has 4 nitrogen and oxygen atoms in total. The van der Waals surface area contributed by atoms with E-state index in [1.54, 1.807) is 14.2 Å². The van der Waals surface area contributed by atoms with Crippen LogP contribution in [0.3, 0.4) is 0 Å². The zero-order chi connectivity index (χ0) is 15.1. The van der Waals surface area contributed by atoms with Crippen molar-refractivity contribution in [1.29, 1.82) is 0 Å². The summed E-state index contributed by atoms with van der Waals surface area (Å²) in [7, 11) is 3.36. The number of hydrogen-bond acceptors (Lipinski definition) is 5. The van der Waals surface area contributed by atoms with E-state index in [0.29, 0.717) is 0 Å². The molecule has 0 amide bonds. The predicted molar refractivity (Wildman–Crippen MR) is 89.5 cm³/mol. The van der Waals surface area contributed by atoms with Gasteiger partial charge in [-0.2, -0.15) is 0 Å². The van der Waals surface area contributed by atoms with Crippen LogP contribution in [0, 0.1) is 0 Å². The zero-order valence-electron chi connectivity index (χ0n) is 13.0. The molecule has 2 heterocycles. The topological polar surface area (TPSA) is 34.6 Å². The van der Waals surface area contributed by atoms with Crippen LogP contribution in [0.4, 0.5) is 5.13 Å². The molecule has 4 rings (SSSR count). The van der Waals surface area contributed by atoms with Gasteiger partial charge in [-0.15, -0.1) is 11.3 Å². The smallest absolute Gasteiger partial charge is 0.186 e. The fraction of sp³-hybridized carbons (Fsp3) is 0.471. The summed E-state index contributed by atoms with van der Waals surface area (Å²) in [6, 6.07) is 4.16. The number of hydrogen-bond donors (Lipinski definition) is 0. The standard InChI is InChI=1S/C17H20N2O2S/c1-20-13-8-11-9-15-16(12(11)10-14(13)21-2)18-17(22-15)19-6-4-3-5-7-19/h8,10H,3-7,9H2,1-2H3. The van der Waals surface area contributed by atoms with Crippen LogP contribution in [0.1, 0.15) is 29.7 Å². The van der Waals surface area contributed by atoms with Gasteiger partial charge in [-0.3, -0.25) is 0 Å². The molecule has 2 aromatic rings. The van der Waals surface area contributed by atoms with E-state index in [9.17, 15) is 0 Å². The van der Waals surface area contributed by atoms with Gasteiger partial charge >= 0.3 is 0 Å². The van der Waals surface area contributed by atoms with E-state index in [-0.39, 0.29) is 0 Å². The highest BCUT2D eigenvalue weighted by atomic mass is 32.1.